The first-order valence-electron chi connectivity index (χ1n) is 10.5. The van der Waals surface area contributed by atoms with Gasteiger partial charge in [-0.1, -0.05) is 30.3 Å². The molecule has 0 aliphatic heterocycles. The van der Waals surface area contributed by atoms with Crippen molar-refractivity contribution in [2.45, 2.75) is 13.1 Å². The van der Waals surface area contributed by atoms with Gasteiger partial charge in [-0.05, 0) is 67.7 Å². The zero-order valence-corrected chi connectivity index (χ0v) is 20.2. The Hall–Kier alpha value is -3.35. The van der Waals surface area contributed by atoms with E-state index in [-0.39, 0.29) is 12.4 Å². The number of hydrogen-bond donors (Lipinski definition) is 0. The molecule has 0 bridgehead atoms. The summed E-state index contributed by atoms with van der Waals surface area (Å²) >= 11 is 0. The molecule has 1 heterocycles. The lowest BCUT2D eigenvalue weighted by molar-refractivity contribution is 0.402. The second kappa shape index (κ2) is 11.0. The van der Waals surface area contributed by atoms with Gasteiger partial charge in [0, 0.05) is 17.7 Å². The first-order valence-corrected chi connectivity index (χ1v) is 10.5. The van der Waals surface area contributed by atoms with Crippen LogP contribution in [0.1, 0.15) is 11.1 Å². The van der Waals surface area contributed by atoms with Crippen LogP contribution >= 0.6 is 12.4 Å². The lowest BCUT2D eigenvalue weighted by Crippen LogP contribution is -2.10. The molecule has 4 aromatic rings. The molecule has 7 heteroatoms. The lowest BCUT2D eigenvalue weighted by atomic mass is 10.1. The Bertz CT molecular complexity index is 1190. The normalized spacial score (nSPS) is 10.7. The second-order valence-corrected chi connectivity index (χ2v) is 7.93. The average Bonchev–Trinajstić information content (AvgIpc) is 3.22. The molecule has 1 aromatic heterocycles. The van der Waals surface area contributed by atoms with E-state index in [1.165, 1.54) is 5.56 Å². The van der Waals surface area contributed by atoms with Gasteiger partial charge in [0.05, 0.1) is 20.8 Å². The molecule has 0 saturated heterocycles. The number of rotatable bonds is 8. The Balaban J connectivity index is 0.00000306. The molecular formula is C26H29ClN4O2. The summed E-state index contributed by atoms with van der Waals surface area (Å²) in [6.45, 7) is 1.46. The molecule has 0 N–H and O–H groups in total. The van der Waals surface area contributed by atoms with Crippen LogP contribution in [0.25, 0.3) is 22.8 Å². The van der Waals surface area contributed by atoms with Gasteiger partial charge in [0.2, 0.25) is 0 Å². The highest BCUT2D eigenvalue weighted by Gasteiger charge is 2.15. The van der Waals surface area contributed by atoms with Crippen LogP contribution in [0.4, 0.5) is 0 Å². The third-order valence-corrected chi connectivity index (χ3v) is 5.17. The maximum absolute atomic E-state index is 5.39. The quantitative estimate of drug-likeness (QED) is 0.360. The van der Waals surface area contributed by atoms with Crippen LogP contribution in [0, 0.1) is 0 Å². The Labute approximate surface area is 201 Å². The van der Waals surface area contributed by atoms with Crippen LogP contribution in [0.3, 0.4) is 0 Å². The van der Waals surface area contributed by atoms with Crippen molar-refractivity contribution in [3.8, 4) is 34.3 Å². The Morgan fingerprint density at radius 2 is 1.48 bits per heavy atom. The largest absolute Gasteiger partial charge is 0.497 e. The molecule has 0 aliphatic rings. The van der Waals surface area contributed by atoms with E-state index in [2.05, 4.69) is 49.3 Å². The average molecular weight is 465 g/mol. The fourth-order valence-electron chi connectivity index (χ4n) is 3.65. The van der Waals surface area contributed by atoms with Crippen LogP contribution in [-0.2, 0) is 13.1 Å². The van der Waals surface area contributed by atoms with E-state index in [0.29, 0.717) is 12.4 Å². The minimum absolute atomic E-state index is 0. The zero-order chi connectivity index (χ0) is 22.5. The molecule has 6 nitrogen and oxygen atoms in total. The van der Waals surface area contributed by atoms with E-state index in [4.69, 9.17) is 19.6 Å². The van der Waals surface area contributed by atoms with Gasteiger partial charge in [-0.2, -0.15) is 5.10 Å². The van der Waals surface area contributed by atoms with Crippen LogP contribution in [-0.4, -0.2) is 48.0 Å². The van der Waals surface area contributed by atoms with Crippen LogP contribution in [0.2, 0.25) is 0 Å². The second-order valence-electron chi connectivity index (χ2n) is 7.93. The minimum atomic E-state index is 0. The smallest absolute Gasteiger partial charge is 0.181 e. The van der Waals surface area contributed by atoms with Gasteiger partial charge in [0.15, 0.2) is 11.6 Å². The number of ether oxygens (including phenoxy) is 2. The molecule has 0 aliphatic carbocycles. The predicted octanol–water partition coefficient (Wildman–Crippen LogP) is 5.16. The molecular weight excluding hydrogens is 436 g/mol. The topological polar surface area (TPSA) is 52.4 Å². The van der Waals surface area contributed by atoms with Crippen LogP contribution in [0.5, 0.6) is 11.5 Å². The van der Waals surface area contributed by atoms with Gasteiger partial charge in [-0.25, -0.2) is 9.67 Å². The summed E-state index contributed by atoms with van der Waals surface area (Å²) < 4.78 is 12.6. The molecule has 3 aromatic carbocycles. The summed E-state index contributed by atoms with van der Waals surface area (Å²) in [5.41, 5.74) is 4.32. The van der Waals surface area contributed by atoms with Crippen molar-refractivity contribution in [1.29, 1.82) is 0 Å². The minimum Gasteiger partial charge on any atom is -0.497 e. The lowest BCUT2D eigenvalue weighted by Gasteiger charge is -2.11. The van der Waals surface area contributed by atoms with Gasteiger partial charge >= 0.3 is 0 Å². The van der Waals surface area contributed by atoms with Crippen molar-refractivity contribution in [2.75, 3.05) is 28.3 Å². The van der Waals surface area contributed by atoms with Crippen molar-refractivity contribution in [1.82, 2.24) is 19.7 Å². The molecule has 0 radical (unpaired) electrons. The molecule has 0 saturated carbocycles. The van der Waals surface area contributed by atoms with Crippen LogP contribution in [0.15, 0.2) is 72.8 Å². The molecule has 172 valence electrons. The summed E-state index contributed by atoms with van der Waals surface area (Å²) in [7, 11) is 7.48. The van der Waals surface area contributed by atoms with E-state index in [9.17, 15) is 0 Å². The standard InChI is InChI=1S/C26H28N4O2.ClH/c1-29(2)17-19-7-5-9-22(15-19)26-27-25(21-11-13-23(31-3)14-12-21)28-30(26)18-20-8-6-10-24(16-20)32-4;/h5-16H,17-18H2,1-4H3;1H. The van der Waals surface area contributed by atoms with E-state index in [1.807, 2.05) is 47.1 Å². The predicted molar refractivity (Wildman–Crippen MR) is 134 cm³/mol. The molecule has 0 atom stereocenters. The number of methoxy groups -OCH3 is 2. The number of benzene rings is 3. The van der Waals surface area contributed by atoms with Crippen molar-refractivity contribution in [3.63, 3.8) is 0 Å². The number of aromatic nitrogens is 3. The van der Waals surface area contributed by atoms with E-state index in [1.54, 1.807) is 14.2 Å². The van der Waals surface area contributed by atoms with E-state index >= 15 is 0 Å². The summed E-state index contributed by atoms with van der Waals surface area (Å²) in [5.74, 6) is 3.15. The number of hydrogen-bond acceptors (Lipinski definition) is 5. The fraction of sp³-hybridized carbons (Fsp3) is 0.231. The highest BCUT2D eigenvalue weighted by molar-refractivity contribution is 5.85. The Kier molecular flexibility index (Phi) is 8.09. The number of nitrogens with zero attached hydrogens (tertiary/aromatic N) is 4. The van der Waals surface area contributed by atoms with Gasteiger partial charge in [-0.3, -0.25) is 0 Å². The first kappa shape index (κ1) is 24.3. The van der Waals surface area contributed by atoms with Gasteiger partial charge in [-0.15, -0.1) is 12.4 Å². The third kappa shape index (κ3) is 5.92. The highest BCUT2D eigenvalue weighted by Crippen LogP contribution is 2.26. The monoisotopic (exact) mass is 464 g/mol. The zero-order valence-electron chi connectivity index (χ0n) is 19.4. The van der Waals surface area contributed by atoms with Crippen molar-refractivity contribution >= 4 is 12.4 Å². The SMILES string of the molecule is COc1ccc(-c2nc(-c3cccc(CN(C)C)c3)n(Cc3cccc(OC)c3)n2)cc1.Cl. The number of halogens is 1. The molecule has 0 unspecified atom stereocenters. The fourth-order valence-corrected chi connectivity index (χ4v) is 3.65. The van der Waals surface area contributed by atoms with Gasteiger partial charge in [0.1, 0.15) is 11.5 Å². The Morgan fingerprint density at radius 3 is 2.18 bits per heavy atom. The van der Waals surface area contributed by atoms with Crippen molar-refractivity contribution in [2.24, 2.45) is 0 Å². The van der Waals surface area contributed by atoms with Gasteiger partial charge < -0.3 is 14.4 Å². The highest BCUT2D eigenvalue weighted by atomic mass is 35.5. The summed E-state index contributed by atoms with van der Waals surface area (Å²) in [5, 5.41) is 4.87. The molecule has 4 rings (SSSR count). The van der Waals surface area contributed by atoms with E-state index in [0.717, 1.165) is 40.6 Å². The molecule has 33 heavy (non-hydrogen) atoms. The molecule has 0 spiro atoms. The van der Waals surface area contributed by atoms with Crippen molar-refractivity contribution in [3.05, 3.63) is 83.9 Å². The van der Waals surface area contributed by atoms with Crippen LogP contribution < -0.4 is 9.47 Å². The van der Waals surface area contributed by atoms with E-state index < -0.39 is 0 Å². The van der Waals surface area contributed by atoms with Crippen molar-refractivity contribution < 1.29 is 9.47 Å². The Morgan fingerprint density at radius 1 is 0.788 bits per heavy atom. The third-order valence-electron chi connectivity index (χ3n) is 5.17. The summed E-state index contributed by atoms with van der Waals surface area (Å²) in [6, 6.07) is 24.3. The van der Waals surface area contributed by atoms with Gasteiger partial charge in [0.25, 0.3) is 0 Å². The first-order chi connectivity index (χ1) is 15.6. The molecule has 0 fully saturated rings. The molecule has 0 amide bonds. The maximum atomic E-state index is 5.39. The maximum Gasteiger partial charge on any atom is 0.181 e. The summed E-state index contributed by atoms with van der Waals surface area (Å²) in [4.78, 5) is 7.09. The summed E-state index contributed by atoms with van der Waals surface area (Å²) in [6.07, 6.45) is 0.